The molecule has 160 valence electrons. The summed E-state index contributed by atoms with van der Waals surface area (Å²) < 4.78 is 30.1. The van der Waals surface area contributed by atoms with Crippen LogP contribution in [0.1, 0.15) is 5.56 Å². The summed E-state index contributed by atoms with van der Waals surface area (Å²) in [7, 11) is -3.63. The predicted molar refractivity (Wildman–Crippen MR) is 117 cm³/mol. The molecule has 0 bridgehead atoms. The number of aliphatic hydroxyl groups excluding tert-OH is 1. The summed E-state index contributed by atoms with van der Waals surface area (Å²) in [5.41, 5.74) is 2.05. The van der Waals surface area contributed by atoms with Crippen molar-refractivity contribution in [1.29, 1.82) is 0 Å². The Morgan fingerprint density at radius 2 is 1.74 bits per heavy atom. The van der Waals surface area contributed by atoms with Crippen LogP contribution in [-0.4, -0.2) is 66.6 Å². The molecule has 5 rings (SSSR count). The molecule has 0 unspecified atom stereocenters. The van der Waals surface area contributed by atoms with E-state index in [0.717, 1.165) is 5.69 Å². The van der Waals surface area contributed by atoms with Crippen molar-refractivity contribution in [2.24, 2.45) is 4.40 Å². The topological polar surface area (TPSA) is 108 Å². The van der Waals surface area contributed by atoms with E-state index in [1.807, 2.05) is 23.1 Å². The summed E-state index contributed by atoms with van der Waals surface area (Å²) in [6.07, 6.45) is 1.46. The first kappa shape index (κ1) is 19.7. The molecule has 3 heterocycles. The maximum atomic E-state index is 12.5. The summed E-state index contributed by atoms with van der Waals surface area (Å²) >= 11 is 0. The second-order valence-electron chi connectivity index (χ2n) is 7.53. The molecule has 31 heavy (non-hydrogen) atoms. The summed E-state index contributed by atoms with van der Waals surface area (Å²) in [6, 6.07) is 12.5. The number of fused-ring (bicyclic) bond motifs is 2. The van der Waals surface area contributed by atoms with Crippen molar-refractivity contribution in [1.82, 2.24) is 14.5 Å². The molecule has 0 saturated carbocycles. The molecule has 2 aromatic carbocycles. The van der Waals surface area contributed by atoms with Gasteiger partial charge in [0.15, 0.2) is 5.84 Å². The number of sulfonamides is 1. The number of aliphatic hydroxyl groups is 1. The molecule has 2 aliphatic rings. The molecule has 2 aliphatic heterocycles. The van der Waals surface area contributed by atoms with Crippen LogP contribution in [0.25, 0.3) is 10.9 Å². The van der Waals surface area contributed by atoms with Crippen LogP contribution in [0.5, 0.6) is 0 Å². The number of nitrogens with zero attached hydrogens (tertiary/aromatic N) is 5. The molecule has 1 aromatic heterocycles. The Bertz CT molecular complexity index is 1360. The second-order valence-corrected chi connectivity index (χ2v) is 9.10. The van der Waals surface area contributed by atoms with Crippen molar-refractivity contribution < 1.29 is 13.5 Å². The van der Waals surface area contributed by atoms with Crippen LogP contribution in [0.15, 0.2) is 62.9 Å². The van der Waals surface area contributed by atoms with Crippen LogP contribution in [-0.2, 0) is 16.6 Å². The highest BCUT2D eigenvalue weighted by Crippen LogP contribution is 2.28. The number of piperazine rings is 1. The fourth-order valence-corrected chi connectivity index (χ4v) is 5.33. The summed E-state index contributed by atoms with van der Waals surface area (Å²) in [4.78, 5) is 21.3. The number of amidine groups is 1. The van der Waals surface area contributed by atoms with Crippen molar-refractivity contribution in [2.75, 3.05) is 37.7 Å². The fraction of sp³-hybridized carbons (Fsp3) is 0.286. The summed E-state index contributed by atoms with van der Waals surface area (Å²) in [5, 5.41) is 9.59. The lowest BCUT2D eigenvalue weighted by molar-refractivity contribution is 0.274. The highest BCUT2D eigenvalue weighted by molar-refractivity contribution is 7.90. The van der Waals surface area contributed by atoms with Gasteiger partial charge < -0.3 is 14.9 Å². The van der Waals surface area contributed by atoms with Crippen molar-refractivity contribution >= 4 is 32.4 Å². The molecule has 1 fully saturated rings. The van der Waals surface area contributed by atoms with Crippen molar-refractivity contribution in [3.8, 4) is 0 Å². The maximum absolute atomic E-state index is 12.5. The van der Waals surface area contributed by atoms with E-state index < -0.39 is 10.0 Å². The Kier molecular flexibility index (Phi) is 4.75. The van der Waals surface area contributed by atoms with Crippen LogP contribution < -0.4 is 10.5 Å². The smallest absolute Gasteiger partial charge is 0.285 e. The van der Waals surface area contributed by atoms with Gasteiger partial charge in [-0.3, -0.25) is 9.36 Å². The minimum Gasteiger partial charge on any atom is -0.395 e. The minimum absolute atomic E-state index is 0.119. The number of hydrogen-bond donors (Lipinski definition) is 1. The Balaban J connectivity index is 1.36. The van der Waals surface area contributed by atoms with Crippen LogP contribution in [0.3, 0.4) is 0 Å². The van der Waals surface area contributed by atoms with E-state index >= 15 is 0 Å². The summed E-state index contributed by atoms with van der Waals surface area (Å²) in [5.74, 6) is 0.514. The average molecular weight is 439 g/mol. The Morgan fingerprint density at radius 1 is 1.00 bits per heavy atom. The van der Waals surface area contributed by atoms with Crippen molar-refractivity contribution in [2.45, 2.75) is 11.4 Å². The molecule has 1 saturated heterocycles. The van der Waals surface area contributed by atoms with E-state index in [1.54, 1.807) is 24.3 Å². The summed E-state index contributed by atoms with van der Waals surface area (Å²) in [6.45, 7) is 2.74. The number of aromatic nitrogens is 2. The molecule has 3 aromatic rings. The van der Waals surface area contributed by atoms with Gasteiger partial charge in [0.1, 0.15) is 4.90 Å². The Hall–Kier alpha value is -3.24. The van der Waals surface area contributed by atoms with Gasteiger partial charge in [0, 0.05) is 37.4 Å². The van der Waals surface area contributed by atoms with Gasteiger partial charge in [-0.1, -0.05) is 12.1 Å². The van der Waals surface area contributed by atoms with E-state index in [-0.39, 0.29) is 23.6 Å². The molecule has 0 atom stereocenters. The number of rotatable bonds is 3. The Morgan fingerprint density at radius 3 is 2.52 bits per heavy atom. The molecule has 9 nitrogen and oxygen atoms in total. The van der Waals surface area contributed by atoms with Crippen LogP contribution >= 0.6 is 0 Å². The zero-order chi connectivity index (χ0) is 21.6. The average Bonchev–Trinajstić information content (AvgIpc) is 3.07. The van der Waals surface area contributed by atoms with Gasteiger partial charge in [-0.25, -0.2) is 4.98 Å². The second kappa shape index (κ2) is 7.47. The van der Waals surface area contributed by atoms with E-state index in [0.29, 0.717) is 48.5 Å². The number of anilines is 1. The van der Waals surface area contributed by atoms with Gasteiger partial charge in [0.25, 0.3) is 15.6 Å². The first-order valence-electron chi connectivity index (χ1n) is 10.0. The lowest BCUT2D eigenvalue weighted by Crippen LogP contribution is -2.48. The largest absolute Gasteiger partial charge is 0.395 e. The molecule has 1 N–H and O–H groups in total. The van der Waals surface area contributed by atoms with Gasteiger partial charge >= 0.3 is 0 Å². The highest BCUT2D eigenvalue weighted by Gasteiger charge is 2.32. The molecule has 0 amide bonds. The molecular weight excluding hydrogens is 418 g/mol. The Labute approximate surface area is 178 Å². The first-order chi connectivity index (χ1) is 15.0. The molecule has 0 radical (unpaired) electrons. The van der Waals surface area contributed by atoms with E-state index in [4.69, 9.17) is 5.11 Å². The SMILES string of the molecule is O=c1c2ccc(N3CCN(C4=NS(=O)(=O)c5ccccc54)CC3)cc2ncn1CCO. The normalized spacial score (nSPS) is 17.6. The maximum Gasteiger partial charge on any atom is 0.285 e. The lowest BCUT2D eigenvalue weighted by Gasteiger charge is -2.37. The zero-order valence-corrected chi connectivity index (χ0v) is 17.5. The molecule has 10 heteroatoms. The molecule has 0 aliphatic carbocycles. The van der Waals surface area contributed by atoms with E-state index in [1.165, 1.54) is 10.9 Å². The van der Waals surface area contributed by atoms with Gasteiger partial charge in [-0.2, -0.15) is 8.42 Å². The monoisotopic (exact) mass is 439 g/mol. The van der Waals surface area contributed by atoms with Crippen molar-refractivity contribution in [3.63, 3.8) is 0 Å². The third-order valence-corrected chi connectivity index (χ3v) is 7.03. The van der Waals surface area contributed by atoms with Gasteiger partial charge in [0.05, 0.1) is 30.4 Å². The van der Waals surface area contributed by atoms with Gasteiger partial charge in [0.2, 0.25) is 0 Å². The third-order valence-electron chi connectivity index (χ3n) is 5.71. The minimum atomic E-state index is -3.63. The third kappa shape index (κ3) is 3.37. The lowest BCUT2D eigenvalue weighted by atomic mass is 10.1. The van der Waals surface area contributed by atoms with Crippen LogP contribution in [0.4, 0.5) is 5.69 Å². The first-order valence-corrected chi connectivity index (χ1v) is 11.5. The quantitative estimate of drug-likeness (QED) is 0.639. The van der Waals surface area contributed by atoms with Crippen LogP contribution in [0.2, 0.25) is 0 Å². The predicted octanol–water partition coefficient (Wildman–Crippen LogP) is 0.660. The zero-order valence-electron chi connectivity index (χ0n) is 16.7. The highest BCUT2D eigenvalue weighted by atomic mass is 32.2. The standard InChI is InChI=1S/C21H21N5O4S/c27-12-11-26-14-22-18-13-15(5-6-16(18)21(26)28)24-7-9-25(10-8-24)20-17-3-1-2-4-19(17)31(29,30)23-20/h1-6,13-14,27H,7-12H2. The van der Waals surface area contributed by atoms with Crippen molar-refractivity contribution in [3.05, 3.63) is 64.7 Å². The molecule has 0 spiro atoms. The van der Waals surface area contributed by atoms with Crippen LogP contribution in [0, 0.1) is 0 Å². The fourth-order valence-electron chi connectivity index (χ4n) is 4.10. The number of benzene rings is 2. The van der Waals surface area contributed by atoms with Gasteiger partial charge in [-0.05, 0) is 30.3 Å². The van der Waals surface area contributed by atoms with Gasteiger partial charge in [-0.15, -0.1) is 4.40 Å². The van der Waals surface area contributed by atoms with E-state index in [2.05, 4.69) is 14.3 Å². The molecular formula is C21H21N5O4S. The van der Waals surface area contributed by atoms with E-state index in [9.17, 15) is 13.2 Å². The number of hydrogen-bond acceptors (Lipinski definition) is 7.